The molecule has 0 radical (unpaired) electrons. The van der Waals surface area contributed by atoms with E-state index < -0.39 is 0 Å². The van der Waals surface area contributed by atoms with Gasteiger partial charge in [0.15, 0.2) is 0 Å². The fourth-order valence-corrected chi connectivity index (χ4v) is 2.51. The second-order valence-electron chi connectivity index (χ2n) is 4.10. The van der Waals surface area contributed by atoms with Gasteiger partial charge in [-0.3, -0.25) is 0 Å². The van der Waals surface area contributed by atoms with Crippen molar-refractivity contribution in [2.24, 2.45) is 11.7 Å². The highest BCUT2D eigenvalue weighted by molar-refractivity contribution is 4.94. The van der Waals surface area contributed by atoms with Crippen molar-refractivity contribution in [3.8, 4) is 0 Å². The lowest BCUT2D eigenvalue weighted by Gasteiger charge is -2.24. The van der Waals surface area contributed by atoms with Gasteiger partial charge in [-0.05, 0) is 26.2 Å². The monoisotopic (exact) mass is 185 g/mol. The molecule has 2 rings (SSSR count). The third kappa shape index (κ3) is 1.87. The first kappa shape index (κ1) is 9.44. The Bertz CT molecular complexity index is 174. The fraction of sp³-hybridized carbons (Fsp3) is 1.00. The summed E-state index contributed by atoms with van der Waals surface area (Å²) in [5.74, 6) is 0.547. The van der Waals surface area contributed by atoms with E-state index in [1.54, 1.807) is 0 Å². The summed E-state index contributed by atoms with van der Waals surface area (Å²) in [4.78, 5) is 0. The predicted molar refractivity (Wildman–Crippen MR) is 50.5 cm³/mol. The van der Waals surface area contributed by atoms with Gasteiger partial charge in [-0.1, -0.05) is 0 Å². The van der Waals surface area contributed by atoms with Crippen molar-refractivity contribution < 1.29 is 9.47 Å². The van der Waals surface area contributed by atoms with E-state index >= 15 is 0 Å². The van der Waals surface area contributed by atoms with Gasteiger partial charge in [0.1, 0.15) is 0 Å². The molecule has 2 aliphatic rings. The van der Waals surface area contributed by atoms with E-state index in [2.05, 4.69) is 0 Å². The zero-order valence-electron chi connectivity index (χ0n) is 8.24. The number of nitrogens with two attached hydrogens (primary N) is 1. The van der Waals surface area contributed by atoms with Gasteiger partial charge in [-0.25, -0.2) is 0 Å². The molecule has 0 aromatic rings. The lowest BCUT2D eigenvalue weighted by Crippen LogP contribution is -2.39. The summed E-state index contributed by atoms with van der Waals surface area (Å²) in [5, 5.41) is 0. The highest BCUT2D eigenvalue weighted by atomic mass is 16.5. The van der Waals surface area contributed by atoms with Crippen LogP contribution >= 0.6 is 0 Å². The Morgan fingerprint density at radius 1 is 1.54 bits per heavy atom. The average molecular weight is 185 g/mol. The molecule has 4 unspecified atom stereocenters. The number of rotatable bonds is 4. The number of fused-ring (bicyclic) bond motifs is 2. The van der Waals surface area contributed by atoms with Crippen molar-refractivity contribution >= 4 is 0 Å². The van der Waals surface area contributed by atoms with Gasteiger partial charge in [-0.2, -0.15) is 0 Å². The summed E-state index contributed by atoms with van der Waals surface area (Å²) < 4.78 is 11.1. The second-order valence-corrected chi connectivity index (χ2v) is 4.10. The third-order valence-electron chi connectivity index (χ3n) is 3.22. The van der Waals surface area contributed by atoms with Crippen molar-refractivity contribution in [2.75, 3.05) is 13.2 Å². The molecule has 76 valence electrons. The first-order valence-corrected chi connectivity index (χ1v) is 5.30. The van der Waals surface area contributed by atoms with Crippen LogP contribution in [0.15, 0.2) is 0 Å². The highest BCUT2D eigenvalue weighted by Gasteiger charge is 2.43. The van der Waals surface area contributed by atoms with Gasteiger partial charge in [-0.15, -0.1) is 0 Å². The van der Waals surface area contributed by atoms with Crippen LogP contribution in [0.5, 0.6) is 0 Å². The predicted octanol–water partition coefficient (Wildman–Crippen LogP) is 0.918. The molecule has 13 heavy (non-hydrogen) atoms. The van der Waals surface area contributed by atoms with Crippen molar-refractivity contribution in [1.82, 2.24) is 0 Å². The maximum atomic E-state index is 6.05. The van der Waals surface area contributed by atoms with Gasteiger partial charge >= 0.3 is 0 Å². The molecule has 3 nitrogen and oxygen atoms in total. The Balaban J connectivity index is 1.80. The van der Waals surface area contributed by atoms with E-state index in [9.17, 15) is 0 Å². The first-order valence-electron chi connectivity index (χ1n) is 5.30. The minimum absolute atomic E-state index is 0.176. The van der Waals surface area contributed by atoms with Crippen LogP contribution < -0.4 is 5.73 Å². The Hall–Kier alpha value is -0.120. The molecule has 2 N–H and O–H groups in total. The standard InChI is InChI=1S/C10H19NO2/c1-2-12-6-9(11)8-5-7-3-4-10(8)13-7/h7-10H,2-6,11H2,1H3. The Labute approximate surface area is 79.6 Å². The number of hydrogen-bond acceptors (Lipinski definition) is 3. The molecule has 2 saturated heterocycles. The topological polar surface area (TPSA) is 44.5 Å². The highest BCUT2D eigenvalue weighted by Crippen LogP contribution is 2.39. The summed E-state index contributed by atoms with van der Waals surface area (Å²) in [6, 6.07) is 0.176. The SMILES string of the molecule is CCOCC(N)C1CC2CCC1O2. The zero-order chi connectivity index (χ0) is 9.26. The molecule has 2 bridgehead atoms. The minimum Gasteiger partial charge on any atom is -0.380 e. The van der Waals surface area contributed by atoms with Crippen molar-refractivity contribution in [3.05, 3.63) is 0 Å². The molecule has 4 atom stereocenters. The molecule has 3 heteroatoms. The van der Waals surface area contributed by atoms with Crippen molar-refractivity contribution in [1.29, 1.82) is 0 Å². The van der Waals surface area contributed by atoms with Gasteiger partial charge < -0.3 is 15.2 Å². The lowest BCUT2D eigenvalue weighted by molar-refractivity contribution is 0.0696. The summed E-state index contributed by atoms with van der Waals surface area (Å²) in [5.41, 5.74) is 6.05. The normalized spacial score (nSPS) is 39.7. The molecule has 0 aliphatic carbocycles. The first-order chi connectivity index (χ1) is 6.31. The van der Waals surface area contributed by atoms with Gasteiger partial charge in [0.25, 0.3) is 0 Å². The van der Waals surface area contributed by atoms with E-state index in [-0.39, 0.29) is 6.04 Å². The molecule has 0 aromatic heterocycles. The van der Waals surface area contributed by atoms with Crippen molar-refractivity contribution in [3.63, 3.8) is 0 Å². The molecule has 0 saturated carbocycles. The second kappa shape index (κ2) is 3.95. The van der Waals surface area contributed by atoms with Crippen LogP contribution in [0.4, 0.5) is 0 Å². The maximum absolute atomic E-state index is 6.05. The summed E-state index contributed by atoms with van der Waals surface area (Å²) in [7, 11) is 0. The van der Waals surface area contributed by atoms with Gasteiger partial charge in [0.05, 0.1) is 18.8 Å². The number of ether oxygens (including phenoxy) is 2. The van der Waals surface area contributed by atoms with Crippen LogP contribution in [0.25, 0.3) is 0 Å². The zero-order valence-corrected chi connectivity index (χ0v) is 8.24. The smallest absolute Gasteiger partial charge is 0.0624 e. The van der Waals surface area contributed by atoms with Crippen molar-refractivity contribution in [2.45, 2.75) is 44.4 Å². The maximum Gasteiger partial charge on any atom is 0.0624 e. The fourth-order valence-electron chi connectivity index (χ4n) is 2.51. The van der Waals surface area contributed by atoms with E-state index in [1.165, 1.54) is 12.8 Å². The van der Waals surface area contributed by atoms with E-state index in [1.807, 2.05) is 6.92 Å². The third-order valence-corrected chi connectivity index (χ3v) is 3.22. The van der Waals surface area contributed by atoms with Crippen LogP contribution in [0, 0.1) is 5.92 Å². The van der Waals surface area contributed by atoms with Crippen LogP contribution in [0.3, 0.4) is 0 Å². The van der Waals surface area contributed by atoms with Gasteiger partial charge in [0, 0.05) is 18.6 Å². The lowest BCUT2D eigenvalue weighted by atomic mass is 9.84. The molecule has 2 fully saturated rings. The summed E-state index contributed by atoms with van der Waals surface area (Å²) >= 11 is 0. The number of hydrogen-bond donors (Lipinski definition) is 1. The molecular formula is C10H19NO2. The van der Waals surface area contributed by atoms with E-state index in [0.717, 1.165) is 13.0 Å². The molecule has 0 amide bonds. The average Bonchev–Trinajstić information content (AvgIpc) is 2.74. The largest absolute Gasteiger partial charge is 0.380 e. The molecule has 2 aliphatic heterocycles. The molecular weight excluding hydrogens is 166 g/mol. The summed E-state index contributed by atoms with van der Waals surface area (Å²) in [6.07, 6.45) is 4.53. The Morgan fingerprint density at radius 2 is 2.38 bits per heavy atom. The molecule has 0 spiro atoms. The Morgan fingerprint density at radius 3 is 2.92 bits per heavy atom. The van der Waals surface area contributed by atoms with Crippen LogP contribution in [-0.2, 0) is 9.47 Å². The van der Waals surface area contributed by atoms with Crippen LogP contribution in [0.1, 0.15) is 26.2 Å². The quantitative estimate of drug-likeness (QED) is 0.708. The van der Waals surface area contributed by atoms with Crippen LogP contribution in [0.2, 0.25) is 0 Å². The molecule has 2 heterocycles. The summed E-state index contributed by atoms with van der Waals surface area (Å²) in [6.45, 7) is 3.45. The minimum atomic E-state index is 0.176. The molecule has 0 aromatic carbocycles. The van der Waals surface area contributed by atoms with E-state index in [0.29, 0.717) is 24.7 Å². The van der Waals surface area contributed by atoms with Gasteiger partial charge in [0.2, 0.25) is 0 Å². The van der Waals surface area contributed by atoms with E-state index in [4.69, 9.17) is 15.2 Å². The Kier molecular flexibility index (Phi) is 2.86. The van der Waals surface area contributed by atoms with Crippen LogP contribution in [-0.4, -0.2) is 31.5 Å².